The lowest BCUT2D eigenvalue weighted by atomic mass is 10.1. The van der Waals surface area contributed by atoms with Crippen LogP contribution in [0.1, 0.15) is 31.2 Å². The van der Waals surface area contributed by atoms with Crippen LogP contribution in [0.15, 0.2) is 36.4 Å². The zero-order valence-corrected chi connectivity index (χ0v) is 13.0. The van der Waals surface area contributed by atoms with Crippen molar-refractivity contribution in [3.8, 4) is 0 Å². The van der Waals surface area contributed by atoms with Crippen LogP contribution in [-0.4, -0.2) is 18.0 Å². The van der Waals surface area contributed by atoms with E-state index in [0.29, 0.717) is 17.2 Å². The Labute approximate surface area is 138 Å². The third-order valence-electron chi connectivity index (χ3n) is 3.89. The van der Waals surface area contributed by atoms with Crippen LogP contribution in [0.25, 0.3) is 0 Å². The fourth-order valence-electron chi connectivity index (χ4n) is 2.62. The highest BCUT2D eigenvalue weighted by Crippen LogP contribution is 2.25. The number of nitrogens with one attached hydrogen (secondary N) is 2. The molecule has 4 nitrogen and oxygen atoms in total. The van der Waals surface area contributed by atoms with Gasteiger partial charge < -0.3 is 10.6 Å². The van der Waals surface area contributed by atoms with E-state index in [4.69, 9.17) is 0 Å². The first-order valence-corrected chi connectivity index (χ1v) is 7.78. The number of anilines is 1. The monoisotopic (exact) mass is 340 g/mol. The summed E-state index contributed by atoms with van der Waals surface area (Å²) in [5.74, 6) is -1.93. The molecule has 2 rings (SSSR count). The maximum absolute atomic E-state index is 12.2. The largest absolute Gasteiger partial charge is 0.471 e. The van der Waals surface area contributed by atoms with Gasteiger partial charge in [0.05, 0.1) is 0 Å². The minimum absolute atomic E-state index is 0.318. The lowest BCUT2D eigenvalue weighted by Crippen LogP contribution is -2.36. The molecule has 1 saturated carbocycles. The van der Waals surface area contributed by atoms with Crippen molar-refractivity contribution >= 4 is 17.5 Å². The van der Waals surface area contributed by atoms with E-state index in [0.717, 1.165) is 12.8 Å². The first-order chi connectivity index (χ1) is 11.4. The summed E-state index contributed by atoms with van der Waals surface area (Å²) in [7, 11) is 0. The highest BCUT2D eigenvalue weighted by molar-refractivity contribution is 5.99. The molecule has 0 aromatic heterocycles. The van der Waals surface area contributed by atoms with E-state index in [2.05, 4.69) is 5.32 Å². The summed E-state index contributed by atoms with van der Waals surface area (Å²) in [5, 5.41) is 4.43. The molecule has 0 heterocycles. The molecule has 0 radical (unpaired) electrons. The smallest absolute Gasteiger partial charge is 0.344 e. The molecule has 0 atom stereocenters. The molecule has 0 unspecified atom stereocenters. The third-order valence-corrected chi connectivity index (χ3v) is 3.89. The molecule has 0 aliphatic heterocycles. The summed E-state index contributed by atoms with van der Waals surface area (Å²) in [6.45, 7) is -0.318. The molecule has 1 aromatic rings. The Hall–Kier alpha value is -2.31. The number of hydrogen-bond acceptors (Lipinski definition) is 2. The van der Waals surface area contributed by atoms with E-state index in [-0.39, 0.29) is 12.5 Å². The first kappa shape index (κ1) is 18.0. The van der Waals surface area contributed by atoms with Gasteiger partial charge >= 0.3 is 12.1 Å². The number of rotatable bonds is 5. The van der Waals surface area contributed by atoms with Gasteiger partial charge in [-0.2, -0.15) is 13.2 Å². The van der Waals surface area contributed by atoms with Gasteiger partial charge in [0, 0.05) is 12.2 Å². The van der Waals surface area contributed by atoms with E-state index in [1.54, 1.807) is 29.6 Å². The summed E-state index contributed by atoms with van der Waals surface area (Å²) in [4.78, 5) is 22.8. The number of amides is 2. The predicted molar refractivity (Wildman–Crippen MR) is 84.1 cm³/mol. The van der Waals surface area contributed by atoms with Crippen molar-refractivity contribution in [3.05, 3.63) is 42.0 Å². The SMILES string of the molecule is O=C(/C=C/C1CCCC1)Nc1ccccc1CNC(=O)C(F)(F)F. The minimum atomic E-state index is -4.93. The number of carbonyl (C=O) groups excluding carboxylic acids is 2. The van der Waals surface area contributed by atoms with E-state index in [9.17, 15) is 22.8 Å². The topological polar surface area (TPSA) is 58.2 Å². The van der Waals surface area contributed by atoms with Gasteiger partial charge in [-0.1, -0.05) is 37.1 Å². The Morgan fingerprint density at radius 1 is 1.17 bits per heavy atom. The second-order valence-corrected chi connectivity index (χ2v) is 5.73. The van der Waals surface area contributed by atoms with Crippen LogP contribution in [0.4, 0.5) is 18.9 Å². The van der Waals surface area contributed by atoms with Crippen molar-refractivity contribution in [1.29, 1.82) is 0 Å². The van der Waals surface area contributed by atoms with Crippen LogP contribution in [0, 0.1) is 5.92 Å². The van der Waals surface area contributed by atoms with Crippen LogP contribution in [0.5, 0.6) is 0 Å². The number of halogens is 3. The van der Waals surface area contributed by atoms with Crippen LogP contribution < -0.4 is 10.6 Å². The zero-order valence-electron chi connectivity index (χ0n) is 13.0. The summed E-state index contributed by atoms with van der Waals surface area (Å²) >= 11 is 0. The second kappa shape index (κ2) is 7.99. The number of alkyl halides is 3. The second-order valence-electron chi connectivity index (χ2n) is 5.73. The van der Waals surface area contributed by atoms with Crippen molar-refractivity contribution in [3.63, 3.8) is 0 Å². The molecular formula is C17H19F3N2O2. The van der Waals surface area contributed by atoms with Gasteiger partial charge in [-0.25, -0.2) is 0 Å². The molecule has 24 heavy (non-hydrogen) atoms. The van der Waals surface area contributed by atoms with Gasteiger partial charge in [-0.05, 0) is 36.5 Å². The molecule has 1 aromatic carbocycles. The van der Waals surface area contributed by atoms with Gasteiger partial charge in [0.15, 0.2) is 0 Å². The summed E-state index contributed by atoms with van der Waals surface area (Å²) in [6, 6.07) is 6.41. The fraction of sp³-hybridized carbons (Fsp3) is 0.412. The minimum Gasteiger partial charge on any atom is -0.344 e. The Morgan fingerprint density at radius 3 is 2.50 bits per heavy atom. The Kier molecular flexibility index (Phi) is 6.00. The summed E-state index contributed by atoms with van der Waals surface area (Å²) < 4.78 is 36.7. The summed E-state index contributed by atoms with van der Waals surface area (Å²) in [6.07, 6.45) is 2.88. The van der Waals surface area contributed by atoms with E-state index < -0.39 is 12.1 Å². The Bertz CT molecular complexity index is 621. The predicted octanol–water partition coefficient (Wildman–Crippen LogP) is 3.55. The van der Waals surface area contributed by atoms with Crippen molar-refractivity contribution in [1.82, 2.24) is 5.32 Å². The third kappa shape index (κ3) is 5.40. The molecule has 7 heteroatoms. The average Bonchev–Trinajstić information content (AvgIpc) is 3.04. The van der Waals surface area contributed by atoms with E-state index in [1.807, 2.05) is 6.08 Å². The lowest BCUT2D eigenvalue weighted by molar-refractivity contribution is -0.173. The fourth-order valence-corrected chi connectivity index (χ4v) is 2.62. The van der Waals surface area contributed by atoms with Crippen LogP contribution in [0.2, 0.25) is 0 Å². The maximum atomic E-state index is 12.2. The molecule has 1 aliphatic carbocycles. The van der Waals surface area contributed by atoms with Crippen molar-refractivity contribution in [2.45, 2.75) is 38.4 Å². The van der Waals surface area contributed by atoms with Gasteiger partial charge in [0.1, 0.15) is 0 Å². The normalized spacial score (nSPS) is 15.6. The number of hydrogen-bond donors (Lipinski definition) is 2. The molecule has 1 fully saturated rings. The molecular weight excluding hydrogens is 321 g/mol. The van der Waals surface area contributed by atoms with Gasteiger partial charge in [0.2, 0.25) is 5.91 Å². The van der Waals surface area contributed by atoms with Crippen LogP contribution in [-0.2, 0) is 16.1 Å². The lowest BCUT2D eigenvalue weighted by Gasteiger charge is -2.12. The molecule has 1 aliphatic rings. The van der Waals surface area contributed by atoms with Crippen molar-refractivity contribution < 1.29 is 22.8 Å². The molecule has 0 saturated heterocycles. The number of para-hydroxylation sites is 1. The molecule has 2 amide bonds. The van der Waals surface area contributed by atoms with Crippen LogP contribution in [0.3, 0.4) is 0 Å². The Morgan fingerprint density at radius 2 is 1.83 bits per heavy atom. The summed E-state index contributed by atoms with van der Waals surface area (Å²) in [5.41, 5.74) is 0.777. The first-order valence-electron chi connectivity index (χ1n) is 7.78. The zero-order chi connectivity index (χ0) is 17.6. The Balaban J connectivity index is 1.95. The van der Waals surface area contributed by atoms with Gasteiger partial charge in [-0.15, -0.1) is 0 Å². The standard InChI is InChI=1S/C17H19F3N2O2/c18-17(19,20)16(24)21-11-13-7-3-4-8-14(13)22-15(23)10-9-12-5-1-2-6-12/h3-4,7-10,12H,1-2,5-6,11H2,(H,21,24)(H,22,23)/b10-9+. The van der Waals surface area contributed by atoms with Gasteiger partial charge in [0.25, 0.3) is 0 Å². The highest BCUT2D eigenvalue weighted by Gasteiger charge is 2.38. The highest BCUT2D eigenvalue weighted by atomic mass is 19.4. The van der Waals surface area contributed by atoms with Gasteiger partial charge in [-0.3, -0.25) is 9.59 Å². The molecule has 0 spiro atoms. The van der Waals surface area contributed by atoms with Crippen LogP contribution >= 0.6 is 0 Å². The van der Waals surface area contributed by atoms with Crippen molar-refractivity contribution in [2.75, 3.05) is 5.32 Å². The van der Waals surface area contributed by atoms with E-state index in [1.165, 1.54) is 18.9 Å². The molecule has 0 bridgehead atoms. The quantitative estimate of drug-likeness (QED) is 0.806. The molecule has 130 valence electrons. The number of benzene rings is 1. The van der Waals surface area contributed by atoms with Crippen molar-refractivity contribution in [2.24, 2.45) is 5.92 Å². The number of carbonyl (C=O) groups is 2. The molecule has 2 N–H and O–H groups in total. The average molecular weight is 340 g/mol. The van der Waals surface area contributed by atoms with E-state index >= 15 is 0 Å². The number of allylic oxidation sites excluding steroid dienone is 1. The maximum Gasteiger partial charge on any atom is 0.471 e.